The van der Waals surface area contributed by atoms with Gasteiger partial charge in [-0.3, -0.25) is 10.1 Å². The number of carbonyl (C=O) groups is 1. The molecular formula is C12H23NO3. The van der Waals surface area contributed by atoms with E-state index in [1.54, 1.807) is 0 Å². The summed E-state index contributed by atoms with van der Waals surface area (Å²) >= 11 is 0. The summed E-state index contributed by atoms with van der Waals surface area (Å²) in [6.07, 6.45) is 3.60. The van der Waals surface area contributed by atoms with Crippen molar-refractivity contribution in [1.82, 2.24) is 5.32 Å². The summed E-state index contributed by atoms with van der Waals surface area (Å²) in [5.74, 6) is -0.222. The molecule has 1 fully saturated rings. The Morgan fingerprint density at radius 1 is 1.62 bits per heavy atom. The maximum Gasteiger partial charge on any atom is 0.323 e. The topological polar surface area (TPSA) is 58.6 Å². The van der Waals surface area contributed by atoms with Crippen molar-refractivity contribution in [3.05, 3.63) is 0 Å². The smallest absolute Gasteiger partial charge is 0.323 e. The average Bonchev–Trinajstić information content (AvgIpc) is 2.24. The summed E-state index contributed by atoms with van der Waals surface area (Å²) in [5.41, 5.74) is -0.714. The molecule has 0 bridgehead atoms. The van der Waals surface area contributed by atoms with Crippen molar-refractivity contribution >= 4 is 5.97 Å². The highest BCUT2D eigenvalue weighted by Crippen LogP contribution is 2.32. The van der Waals surface area contributed by atoms with Gasteiger partial charge in [0.15, 0.2) is 0 Å². The van der Waals surface area contributed by atoms with Crippen molar-refractivity contribution in [2.45, 2.75) is 45.1 Å². The molecule has 1 aliphatic rings. The first kappa shape index (κ1) is 13.5. The van der Waals surface area contributed by atoms with Gasteiger partial charge in [-0.25, -0.2) is 0 Å². The molecule has 16 heavy (non-hydrogen) atoms. The van der Waals surface area contributed by atoms with E-state index in [1.165, 1.54) is 0 Å². The van der Waals surface area contributed by atoms with E-state index < -0.39 is 11.5 Å². The van der Waals surface area contributed by atoms with Gasteiger partial charge < -0.3 is 9.84 Å². The highest BCUT2D eigenvalue weighted by molar-refractivity contribution is 5.79. The van der Waals surface area contributed by atoms with Crippen molar-refractivity contribution in [3.63, 3.8) is 0 Å². The van der Waals surface area contributed by atoms with Gasteiger partial charge in [0.2, 0.25) is 0 Å². The van der Waals surface area contributed by atoms with E-state index >= 15 is 0 Å². The minimum absolute atomic E-state index is 0.490. The van der Waals surface area contributed by atoms with E-state index in [-0.39, 0.29) is 0 Å². The van der Waals surface area contributed by atoms with Crippen LogP contribution in [0.25, 0.3) is 0 Å². The van der Waals surface area contributed by atoms with Gasteiger partial charge in [0, 0.05) is 13.2 Å². The van der Waals surface area contributed by atoms with Crippen LogP contribution in [0.15, 0.2) is 0 Å². The third kappa shape index (κ3) is 3.46. The molecule has 0 amide bonds. The van der Waals surface area contributed by atoms with Crippen molar-refractivity contribution in [2.24, 2.45) is 5.92 Å². The van der Waals surface area contributed by atoms with Crippen molar-refractivity contribution in [1.29, 1.82) is 0 Å². The van der Waals surface area contributed by atoms with Gasteiger partial charge in [0.25, 0.3) is 0 Å². The van der Waals surface area contributed by atoms with Crippen LogP contribution < -0.4 is 5.32 Å². The maximum atomic E-state index is 11.4. The minimum atomic E-state index is -0.714. The molecule has 1 aliphatic carbocycles. The molecule has 94 valence electrons. The molecule has 0 aromatic carbocycles. The Kier molecular flexibility index (Phi) is 5.22. The molecule has 2 atom stereocenters. The standard InChI is InChI=1S/C12H23NO3/c1-3-16-8-7-13-12(11(14)15)6-4-5-10(2)9-12/h10,13H,3-9H2,1-2H3,(H,14,15). The molecule has 0 heterocycles. The van der Waals surface area contributed by atoms with Gasteiger partial charge in [0.1, 0.15) is 5.54 Å². The zero-order chi connectivity index (χ0) is 12.0. The van der Waals surface area contributed by atoms with Crippen molar-refractivity contribution in [3.8, 4) is 0 Å². The number of aliphatic carboxylic acids is 1. The van der Waals surface area contributed by atoms with E-state index in [4.69, 9.17) is 4.74 Å². The van der Waals surface area contributed by atoms with Crippen LogP contribution in [0.3, 0.4) is 0 Å². The predicted octanol–water partition coefficient (Wildman–Crippen LogP) is 1.65. The molecular weight excluding hydrogens is 206 g/mol. The summed E-state index contributed by atoms with van der Waals surface area (Å²) in [6.45, 7) is 5.95. The SMILES string of the molecule is CCOCCNC1(C(=O)O)CCCC(C)C1. The van der Waals surface area contributed by atoms with Gasteiger partial charge in [-0.05, 0) is 25.7 Å². The monoisotopic (exact) mass is 229 g/mol. The lowest BCUT2D eigenvalue weighted by Gasteiger charge is -2.37. The van der Waals surface area contributed by atoms with Gasteiger partial charge in [-0.2, -0.15) is 0 Å². The fourth-order valence-corrected chi connectivity index (χ4v) is 2.49. The van der Waals surface area contributed by atoms with Crippen molar-refractivity contribution in [2.75, 3.05) is 19.8 Å². The van der Waals surface area contributed by atoms with Crippen molar-refractivity contribution < 1.29 is 14.6 Å². The summed E-state index contributed by atoms with van der Waals surface area (Å²) < 4.78 is 5.22. The van der Waals surface area contributed by atoms with Crippen LogP contribution in [-0.2, 0) is 9.53 Å². The lowest BCUT2D eigenvalue weighted by Crippen LogP contribution is -2.55. The highest BCUT2D eigenvalue weighted by Gasteiger charge is 2.41. The predicted molar refractivity (Wildman–Crippen MR) is 62.5 cm³/mol. The molecule has 2 N–H and O–H groups in total. The molecule has 0 aromatic rings. The van der Waals surface area contributed by atoms with Crippen LogP contribution in [0.1, 0.15) is 39.5 Å². The molecule has 0 aromatic heterocycles. The van der Waals surface area contributed by atoms with E-state index in [1.807, 2.05) is 6.92 Å². The highest BCUT2D eigenvalue weighted by atomic mass is 16.5. The van der Waals surface area contributed by atoms with Crippen LogP contribution in [0.5, 0.6) is 0 Å². The molecule has 0 radical (unpaired) electrons. The number of hydrogen-bond donors (Lipinski definition) is 2. The van der Waals surface area contributed by atoms with E-state index in [2.05, 4.69) is 12.2 Å². The number of hydrogen-bond acceptors (Lipinski definition) is 3. The Balaban J connectivity index is 2.48. The van der Waals surface area contributed by atoms with E-state index in [9.17, 15) is 9.90 Å². The van der Waals surface area contributed by atoms with Gasteiger partial charge in [0.05, 0.1) is 6.61 Å². The maximum absolute atomic E-state index is 11.4. The summed E-state index contributed by atoms with van der Waals surface area (Å²) in [4.78, 5) is 11.4. The Morgan fingerprint density at radius 3 is 2.94 bits per heavy atom. The van der Waals surface area contributed by atoms with Crippen LogP contribution in [0.4, 0.5) is 0 Å². The molecule has 2 unspecified atom stereocenters. The number of ether oxygens (including phenoxy) is 1. The van der Waals surface area contributed by atoms with E-state index in [0.29, 0.717) is 25.7 Å². The second-order valence-corrected chi connectivity index (χ2v) is 4.71. The Morgan fingerprint density at radius 2 is 2.38 bits per heavy atom. The largest absolute Gasteiger partial charge is 0.480 e. The first-order valence-corrected chi connectivity index (χ1v) is 6.17. The average molecular weight is 229 g/mol. The van der Waals surface area contributed by atoms with E-state index in [0.717, 1.165) is 25.7 Å². The number of rotatable bonds is 6. The minimum Gasteiger partial charge on any atom is -0.480 e. The molecule has 1 rings (SSSR count). The van der Waals surface area contributed by atoms with Gasteiger partial charge >= 0.3 is 5.97 Å². The Hall–Kier alpha value is -0.610. The third-order valence-electron chi connectivity index (χ3n) is 3.32. The zero-order valence-corrected chi connectivity index (χ0v) is 10.3. The number of nitrogens with one attached hydrogen (secondary N) is 1. The lowest BCUT2D eigenvalue weighted by atomic mass is 9.76. The first-order valence-electron chi connectivity index (χ1n) is 6.17. The number of carboxylic acid groups (broad SMARTS) is 1. The van der Waals surface area contributed by atoms with Crippen LogP contribution in [-0.4, -0.2) is 36.4 Å². The molecule has 0 spiro atoms. The quantitative estimate of drug-likeness (QED) is 0.680. The first-order chi connectivity index (χ1) is 7.60. The molecule has 4 nitrogen and oxygen atoms in total. The molecule has 0 aliphatic heterocycles. The summed E-state index contributed by atoms with van der Waals surface area (Å²) in [5, 5.41) is 12.5. The third-order valence-corrected chi connectivity index (χ3v) is 3.32. The molecule has 0 saturated heterocycles. The van der Waals surface area contributed by atoms with Crippen LogP contribution >= 0.6 is 0 Å². The van der Waals surface area contributed by atoms with Crippen LogP contribution in [0.2, 0.25) is 0 Å². The second kappa shape index (κ2) is 6.21. The Bertz CT molecular complexity index is 232. The van der Waals surface area contributed by atoms with Crippen LogP contribution in [0, 0.1) is 5.92 Å². The fraction of sp³-hybridized carbons (Fsp3) is 0.917. The molecule has 4 heteroatoms. The second-order valence-electron chi connectivity index (χ2n) is 4.71. The summed E-state index contributed by atoms with van der Waals surface area (Å²) in [6, 6.07) is 0. The normalized spacial score (nSPS) is 30.2. The fourth-order valence-electron chi connectivity index (χ4n) is 2.49. The summed E-state index contributed by atoms with van der Waals surface area (Å²) in [7, 11) is 0. The molecule has 1 saturated carbocycles. The Labute approximate surface area is 97.4 Å². The zero-order valence-electron chi connectivity index (χ0n) is 10.3. The lowest BCUT2D eigenvalue weighted by molar-refractivity contribution is -0.147. The number of carboxylic acids is 1. The van der Waals surface area contributed by atoms with Gasteiger partial charge in [-0.1, -0.05) is 19.8 Å². The van der Waals surface area contributed by atoms with Gasteiger partial charge in [-0.15, -0.1) is 0 Å².